The number of amides is 1. The fourth-order valence-electron chi connectivity index (χ4n) is 2.63. The lowest BCUT2D eigenvalue weighted by Crippen LogP contribution is -2.07. The molecule has 1 fully saturated rings. The highest BCUT2D eigenvalue weighted by Crippen LogP contribution is 2.38. The Bertz CT molecular complexity index is 725. The molecule has 1 saturated carbocycles. The number of hydrogen-bond acceptors (Lipinski definition) is 4. The molecule has 0 aromatic carbocycles. The number of aryl methyl sites for hydroxylation is 2. The maximum absolute atomic E-state index is 12.0. The summed E-state index contributed by atoms with van der Waals surface area (Å²) in [7, 11) is 0. The van der Waals surface area contributed by atoms with Crippen LogP contribution in [0.4, 0.5) is 5.13 Å². The van der Waals surface area contributed by atoms with Crippen molar-refractivity contribution in [3.8, 4) is 0 Å². The summed E-state index contributed by atoms with van der Waals surface area (Å²) >= 11 is 1.41. The fraction of sp³-hybridized carbons (Fsp3) is 0.438. The van der Waals surface area contributed by atoms with E-state index >= 15 is 0 Å². The SMILES string of the molecule is CCc1nnc(NC(=O)/C=C/c2cc(C)n(C3CC3)c2C)s1. The minimum atomic E-state index is -0.171. The van der Waals surface area contributed by atoms with Crippen molar-refractivity contribution < 1.29 is 4.79 Å². The summed E-state index contributed by atoms with van der Waals surface area (Å²) in [4.78, 5) is 12.0. The van der Waals surface area contributed by atoms with E-state index < -0.39 is 0 Å². The minimum absolute atomic E-state index is 0.171. The number of nitrogens with zero attached hydrogens (tertiary/aromatic N) is 3. The van der Waals surface area contributed by atoms with E-state index in [1.54, 1.807) is 6.08 Å². The summed E-state index contributed by atoms with van der Waals surface area (Å²) in [6.07, 6.45) is 6.79. The van der Waals surface area contributed by atoms with Gasteiger partial charge < -0.3 is 4.57 Å². The van der Waals surface area contributed by atoms with Crippen LogP contribution in [0.25, 0.3) is 6.08 Å². The van der Waals surface area contributed by atoms with Crippen molar-refractivity contribution in [2.24, 2.45) is 0 Å². The van der Waals surface area contributed by atoms with E-state index in [-0.39, 0.29) is 5.91 Å². The van der Waals surface area contributed by atoms with Gasteiger partial charge in [-0.2, -0.15) is 0 Å². The van der Waals surface area contributed by atoms with Gasteiger partial charge in [-0.3, -0.25) is 10.1 Å². The molecule has 0 spiro atoms. The Balaban J connectivity index is 1.68. The quantitative estimate of drug-likeness (QED) is 0.859. The maximum Gasteiger partial charge on any atom is 0.250 e. The van der Waals surface area contributed by atoms with Crippen LogP contribution in [-0.4, -0.2) is 20.7 Å². The number of nitrogens with one attached hydrogen (secondary N) is 1. The second-order valence-corrected chi connectivity index (χ2v) is 6.67. The van der Waals surface area contributed by atoms with Crippen molar-refractivity contribution in [2.45, 2.75) is 46.1 Å². The van der Waals surface area contributed by atoms with Gasteiger partial charge in [0.15, 0.2) is 0 Å². The Morgan fingerprint density at radius 3 is 2.86 bits per heavy atom. The van der Waals surface area contributed by atoms with Crippen molar-refractivity contribution in [3.05, 3.63) is 34.1 Å². The largest absolute Gasteiger partial charge is 0.346 e. The van der Waals surface area contributed by atoms with Gasteiger partial charge in [0, 0.05) is 23.5 Å². The molecule has 22 heavy (non-hydrogen) atoms. The summed E-state index contributed by atoms with van der Waals surface area (Å²) in [5.74, 6) is -0.171. The molecule has 0 radical (unpaired) electrons. The Labute approximate surface area is 134 Å². The number of aromatic nitrogens is 3. The predicted molar refractivity (Wildman–Crippen MR) is 89.1 cm³/mol. The summed E-state index contributed by atoms with van der Waals surface area (Å²) in [6, 6.07) is 2.79. The summed E-state index contributed by atoms with van der Waals surface area (Å²) < 4.78 is 2.37. The molecular weight excluding hydrogens is 296 g/mol. The Kier molecular flexibility index (Phi) is 4.11. The number of carbonyl (C=O) groups excluding carboxylic acids is 1. The second-order valence-electron chi connectivity index (χ2n) is 5.60. The van der Waals surface area contributed by atoms with Crippen LogP contribution in [0, 0.1) is 13.8 Å². The van der Waals surface area contributed by atoms with E-state index in [1.165, 1.54) is 35.6 Å². The number of anilines is 1. The molecule has 0 bridgehead atoms. The maximum atomic E-state index is 12.0. The molecule has 3 rings (SSSR count). The molecule has 6 heteroatoms. The van der Waals surface area contributed by atoms with Gasteiger partial charge in [-0.15, -0.1) is 10.2 Å². The highest BCUT2D eigenvalue weighted by Gasteiger charge is 2.26. The van der Waals surface area contributed by atoms with Crippen LogP contribution < -0.4 is 5.32 Å². The van der Waals surface area contributed by atoms with E-state index in [4.69, 9.17) is 0 Å². The van der Waals surface area contributed by atoms with Gasteiger partial charge in [-0.25, -0.2) is 0 Å². The number of hydrogen-bond donors (Lipinski definition) is 1. The Hall–Kier alpha value is -1.95. The first-order valence-corrected chi connectivity index (χ1v) is 8.40. The first-order chi connectivity index (χ1) is 10.6. The van der Waals surface area contributed by atoms with Crippen molar-refractivity contribution in [1.29, 1.82) is 0 Å². The zero-order chi connectivity index (χ0) is 15.7. The van der Waals surface area contributed by atoms with Crippen molar-refractivity contribution in [3.63, 3.8) is 0 Å². The van der Waals surface area contributed by atoms with Crippen molar-refractivity contribution >= 4 is 28.5 Å². The van der Waals surface area contributed by atoms with Crippen LogP contribution >= 0.6 is 11.3 Å². The highest BCUT2D eigenvalue weighted by molar-refractivity contribution is 7.15. The van der Waals surface area contributed by atoms with Crippen LogP contribution in [0.3, 0.4) is 0 Å². The normalized spacial score (nSPS) is 14.7. The van der Waals surface area contributed by atoms with Crippen LogP contribution in [0.5, 0.6) is 0 Å². The first-order valence-electron chi connectivity index (χ1n) is 7.58. The van der Waals surface area contributed by atoms with Crippen LogP contribution in [-0.2, 0) is 11.2 Å². The monoisotopic (exact) mass is 316 g/mol. The second kappa shape index (κ2) is 6.04. The lowest BCUT2D eigenvalue weighted by molar-refractivity contribution is -0.111. The summed E-state index contributed by atoms with van der Waals surface area (Å²) in [5.41, 5.74) is 3.59. The molecule has 1 amide bonds. The molecule has 2 aromatic heterocycles. The van der Waals surface area contributed by atoms with E-state index in [1.807, 2.05) is 13.0 Å². The van der Waals surface area contributed by atoms with Gasteiger partial charge in [0.05, 0.1) is 0 Å². The smallest absolute Gasteiger partial charge is 0.250 e. The molecule has 0 atom stereocenters. The van der Waals surface area contributed by atoms with Crippen molar-refractivity contribution in [1.82, 2.24) is 14.8 Å². The summed E-state index contributed by atoms with van der Waals surface area (Å²) in [6.45, 7) is 6.25. The zero-order valence-electron chi connectivity index (χ0n) is 13.1. The minimum Gasteiger partial charge on any atom is -0.346 e. The molecule has 2 heterocycles. The van der Waals surface area contributed by atoms with Gasteiger partial charge in [-0.1, -0.05) is 18.3 Å². The molecule has 1 aliphatic carbocycles. The van der Waals surface area contributed by atoms with Gasteiger partial charge in [0.1, 0.15) is 5.01 Å². The lowest BCUT2D eigenvalue weighted by Gasteiger charge is -2.06. The van der Waals surface area contributed by atoms with Gasteiger partial charge in [0.25, 0.3) is 0 Å². The van der Waals surface area contributed by atoms with Gasteiger partial charge in [-0.05, 0) is 50.8 Å². The van der Waals surface area contributed by atoms with Gasteiger partial charge in [0.2, 0.25) is 11.0 Å². The molecule has 116 valence electrons. The van der Waals surface area contributed by atoms with E-state index in [2.05, 4.69) is 40.0 Å². The molecule has 0 unspecified atom stereocenters. The Morgan fingerprint density at radius 2 is 2.23 bits per heavy atom. The lowest BCUT2D eigenvalue weighted by atomic mass is 10.2. The number of carbonyl (C=O) groups is 1. The van der Waals surface area contributed by atoms with E-state index in [0.717, 1.165) is 17.0 Å². The first kappa shape index (κ1) is 15.0. The van der Waals surface area contributed by atoms with Crippen molar-refractivity contribution in [2.75, 3.05) is 5.32 Å². The third kappa shape index (κ3) is 3.11. The van der Waals surface area contributed by atoms with Crippen LogP contribution in [0.1, 0.15) is 47.8 Å². The standard InChI is InChI=1S/C16H20N4OS/c1-4-15-18-19-16(22-15)17-14(21)8-5-12-9-10(2)20(11(12)3)13-6-7-13/h5,8-9,13H,4,6-7H2,1-3H3,(H,17,19,21)/b8-5+. The third-order valence-electron chi connectivity index (χ3n) is 3.85. The average Bonchev–Trinajstić information content (AvgIpc) is 3.14. The molecule has 0 aliphatic heterocycles. The zero-order valence-corrected chi connectivity index (χ0v) is 13.9. The molecule has 1 N–H and O–H groups in total. The predicted octanol–water partition coefficient (Wildman–Crippen LogP) is 3.51. The van der Waals surface area contributed by atoms with Crippen LogP contribution in [0.15, 0.2) is 12.1 Å². The fourth-order valence-corrected chi connectivity index (χ4v) is 3.31. The van der Waals surface area contributed by atoms with Crippen LogP contribution in [0.2, 0.25) is 0 Å². The topological polar surface area (TPSA) is 59.8 Å². The van der Waals surface area contributed by atoms with E-state index in [9.17, 15) is 4.79 Å². The van der Waals surface area contributed by atoms with E-state index in [0.29, 0.717) is 11.2 Å². The molecule has 1 aliphatic rings. The molecule has 0 saturated heterocycles. The number of rotatable bonds is 5. The molecular formula is C16H20N4OS. The average molecular weight is 316 g/mol. The Morgan fingerprint density at radius 1 is 1.45 bits per heavy atom. The highest BCUT2D eigenvalue weighted by atomic mass is 32.1. The third-order valence-corrected chi connectivity index (χ3v) is 4.83. The summed E-state index contributed by atoms with van der Waals surface area (Å²) in [5, 5.41) is 12.2. The molecule has 2 aromatic rings. The molecule has 5 nitrogen and oxygen atoms in total. The van der Waals surface area contributed by atoms with Gasteiger partial charge >= 0.3 is 0 Å².